The minimum Gasteiger partial charge on any atom is -0.493 e. The number of nitrogens with zero attached hydrogens (tertiary/aromatic N) is 4. The number of rotatable bonds is 10. The molecule has 2 aliphatic rings. The maximum atomic E-state index is 14.8. The van der Waals surface area contributed by atoms with Gasteiger partial charge < -0.3 is 24.4 Å². The number of aromatic nitrogens is 2. The van der Waals surface area contributed by atoms with Crippen molar-refractivity contribution in [2.75, 3.05) is 39.3 Å². The zero-order valence-corrected chi connectivity index (χ0v) is 24.4. The molecule has 2 fully saturated rings. The Morgan fingerprint density at radius 3 is 2.65 bits per heavy atom. The zero-order valence-electron chi connectivity index (χ0n) is 24.4. The van der Waals surface area contributed by atoms with E-state index in [1.165, 1.54) is 31.7 Å². The first-order valence-corrected chi connectivity index (χ1v) is 14.7. The Balaban J connectivity index is 1.18. The smallest absolute Gasteiger partial charge is 0.244 e. The van der Waals surface area contributed by atoms with Crippen molar-refractivity contribution in [1.29, 1.82) is 0 Å². The molecular formula is C30H44FN5O4. The summed E-state index contributed by atoms with van der Waals surface area (Å²) in [6.45, 7) is 11.5. The Bertz CT molecular complexity index is 1140. The van der Waals surface area contributed by atoms with Gasteiger partial charge in [0.05, 0.1) is 12.2 Å². The van der Waals surface area contributed by atoms with Crippen LogP contribution in [0.3, 0.4) is 0 Å². The lowest BCUT2D eigenvalue weighted by molar-refractivity contribution is -0.138. The third-order valence-corrected chi connectivity index (χ3v) is 7.77. The van der Waals surface area contributed by atoms with Crippen LogP contribution in [0.25, 0.3) is 11.4 Å². The highest BCUT2D eigenvalue weighted by Crippen LogP contribution is 2.29. The molecule has 220 valence electrons. The van der Waals surface area contributed by atoms with E-state index in [9.17, 15) is 14.0 Å². The lowest BCUT2D eigenvalue weighted by Crippen LogP contribution is -2.50. The van der Waals surface area contributed by atoms with Crippen LogP contribution >= 0.6 is 0 Å². The summed E-state index contributed by atoms with van der Waals surface area (Å²) < 4.78 is 26.0. The third kappa shape index (κ3) is 8.25. The van der Waals surface area contributed by atoms with E-state index < -0.39 is 17.3 Å². The summed E-state index contributed by atoms with van der Waals surface area (Å²) in [6, 6.07) is 4.20. The first-order valence-electron chi connectivity index (χ1n) is 14.7. The summed E-state index contributed by atoms with van der Waals surface area (Å²) in [4.78, 5) is 33.7. The van der Waals surface area contributed by atoms with Gasteiger partial charge in [-0.3, -0.25) is 9.59 Å². The summed E-state index contributed by atoms with van der Waals surface area (Å²) in [5.41, 5.74) is -0.225. The highest BCUT2D eigenvalue weighted by Gasteiger charge is 2.28. The van der Waals surface area contributed by atoms with Gasteiger partial charge in [0.15, 0.2) is 0 Å². The molecule has 1 saturated heterocycles. The molecule has 0 spiro atoms. The molecule has 0 unspecified atom stereocenters. The Morgan fingerprint density at radius 2 is 1.93 bits per heavy atom. The Hall–Kier alpha value is -3.01. The van der Waals surface area contributed by atoms with Crippen LogP contribution in [0.1, 0.15) is 72.1 Å². The maximum absolute atomic E-state index is 14.8. The molecule has 0 radical (unpaired) electrons. The summed E-state index contributed by atoms with van der Waals surface area (Å²) in [5, 5.41) is 6.82. The van der Waals surface area contributed by atoms with E-state index >= 15 is 0 Å². The summed E-state index contributed by atoms with van der Waals surface area (Å²) >= 11 is 0. The average Bonchev–Trinajstić information content (AvgIpc) is 3.54. The molecule has 1 aliphatic heterocycles. The molecule has 9 nitrogen and oxygen atoms in total. The fourth-order valence-electron chi connectivity index (χ4n) is 5.32. The van der Waals surface area contributed by atoms with Crippen LogP contribution in [0, 0.1) is 17.2 Å². The highest BCUT2D eigenvalue weighted by atomic mass is 19.1. The summed E-state index contributed by atoms with van der Waals surface area (Å²) in [5.74, 6) is 1.30. The van der Waals surface area contributed by atoms with Crippen molar-refractivity contribution in [3.63, 3.8) is 0 Å². The minimum atomic E-state index is -0.544. The molecule has 2 aromatic rings. The van der Waals surface area contributed by atoms with Crippen LogP contribution in [0.2, 0.25) is 0 Å². The molecule has 1 aromatic carbocycles. The minimum absolute atomic E-state index is 0.0425. The van der Waals surface area contributed by atoms with Gasteiger partial charge in [0.1, 0.15) is 17.6 Å². The second-order valence-electron chi connectivity index (χ2n) is 12.2. The maximum Gasteiger partial charge on any atom is 0.244 e. The SMILES string of the molecule is C[C@@H](NC(=O)C(C)(C)C)C(=O)N1CCCN(CCCOc2ccc(-c3noc(CC4CCCC4)n3)c(F)c2)CC1. The molecule has 1 aromatic heterocycles. The van der Waals surface area contributed by atoms with E-state index in [4.69, 9.17) is 9.26 Å². The molecule has 1 N–H and O–H groups in total. The van der Waals surface area contributed by atoms with Crippen molar-refractivity contribution in [2.45, 2.75) is 78.7 Å². The number of carbonyl (C=O) groups is 2. The van der Waals surface area contributed by atoms with Crippen molar-refractivity contribution in [3.05, 3.63) is 29.9 Å². The fraction of sp³-hybridized carbons (Fsp3) is 0.667. The predicted molar refractivity (Wildman–Crippen MR) is 150 cm³/mol. The van der Waals surface area contributed by atoms with Gasteiger partial charge in [-0.1, -0.05) is 38.8 Å². The highest BCUT2D eigenvalue weighted by molar-refractivity contribution is 5.89. The second-order valence-corrected chi connectivity index (χ2v) is 12.2. The standard InChI is InChI=1S/C30H44FN5O4/c1-21(32-29(38)30(2,3)4)28(37)36-15-7-13-35(16-17-36)14-8-18-39-23-11-12-24(25(31)20-23)27-33-26(40-34-27)19-22-9-5-6-10-22/h11-12,20-22H,5-10,13-19H2,1-4H3,(H,32,38)/t21-/m1/s1. The predicted octanol–water partition coefficient (Wildman–Crippen LogP) is 4.46. The van der Waals surface area contributed by atoms with E-state index in [1.807, 2.05) is 25.7 Å². The first kappa shape index (κ1) is 30.0. The number of ether oxygens (including phenoxy) is 1. The monoisotopic (exact) mass is 557 g/mol. The van der Waals surface area contributed by atoms with E-state index in [0.717, 1.165) is 38.9 Å². The van der Waals surface area contributed by atoms with Gasteiger partial charge in [-0.15, -0.1) is 0 Å². The molecule has 2 heterocycles. The number of nitrogens with one attached hydrogen (secondary N) is 1. The van der Waals surface area contributed by atoms with E-state index in [0.29, 0.717) is 42.8 Å². The molecule has 1 atom stereocenters. The van der Waals surface area contributed by atoms with Gasteiger partial charge in [0.2, 0.25) is 23.5 Å². The molecule has 0 bridgehead atoms. The van der Waals surface area contributed by atoms with Gasteiger partial charge in [-0.2, -0.15) is 4.98 Å². The quantitative estimate of drug-likeness (QED) is 0.431. The third-order valence-electron chi connectivity index (χ3n) is 7.77. The normalized spacial score (nSPS) is 18.0. The van der Waals surface area contributed by atoms with Crippen molar-refractivity contribution >= 4 is 11.8 Å². The Labute approximate surface area is 236 Å². The van der Waals surface area contributed by atoms with Crippen molar-refractivity contribution in [2.24, 2.45) is 11.3 Å². The molecule has 10 heteroatoms. The largest absolute Gasteiger partial charge is 0.493 e. The van der Waals surface area contributed by atoms with Gasteiger partial charge in [-0.05, 0) is 57.2 Å². The summed E-state index contributed by atoms with van der Waals surface area (Å²) in [6.07, 6.45) is 7.29. The Kier molecular flexibility index (Phi) is 10.2. The van der Waals surface area contributed by atoms with Crippen LogP contribution in [0.15, 0.2) is 22.7 Å². The summed E-state index contributed by atoms with van der Waals surface area (Å²) in [7, 11) is 0. The number of halogens is 1. The fourth-order valence-corrected chi connectivity index (χ4v) is 5.32. The number of hydrogen-bond donors (Lipinski definition) is 1. The van der Waals surface area contributed by atoms with Gasteiger partial charge in [0.25, 0.3) is 0 Å². The van der Waals surface area contributed by atoms with Crippen LogP contribution in [-0.4, -0.2) is 77.1 Å². The zero-order chi connectivity index (χ0) is 28.7. The number of benzene rings is 1. The first-order chi connectivity index (χ1) is 19.1. The number of carbonyl (C=O) groups excluding carboxylic acids is 2. The second kappa shape index (κ2) is 13.6. The topological polar surface area (TPSA) is 101 Å². The van der Waals surface area contributed by atoms with E-state index in [-0.39, 0.29) is 17.6 Å². The van der Waals surface area contributed by atoms with E-state index in [2.05, 4.69) is 20.4 Å². The van der Waals surface area contributed by atoms with Crippen LogP contribution in [-0.2, 0) is 16.0 Å². The molecule has 1 aliphatic carbocycles. The van der Waals surface area contributed by atoms with Crippen molar-refractivity contribution in [1.82, 2.24) is 25.3 Å². The van der Waals surface area contributed by atoms with Gasteiger partial charge >= 0.3 is 0 Å². The van der Waals surface area contributed by atoms with Gasteiger partial charge in [-0.25, -0.2) is 4.39 Å². The van der Waals surface area contributed by atoms with Crippen LogP contribution < -0.4 is 10.1 Å². The van der Waals surface area contributed by atoms with Crippen LogP contribution in [0.4, 0.5) is 4.39 Å². The molecule has 2 amide bonds. The average molecular weight is 558 g/mol. The lowest BCUT2D eigenvalue weighted by atomic mass is 9.95. The van der Waals surface area contributed by atoms with Crippen LogP contribution in [0.5, 0.6) is 5.75 Å². The Morgan fingerprint density at radius 1 is 1.15 bits per heavy atom. The van der Waals surface area contributed by atoms with Crippen molar-refractivity contribution in [3.8, 4) is 17.1 Å². The number of amides is 2. The molecular weight excluding hydrogens is 513 g/mol. The molecule has 40 heavy (non-hydrogen) atoms. The molecule has 1 saturated carbocycles. The van der Waals surface area contributed by atoms with E-state index in [1.54, 1.807) is 19.1 Å². The van der Waals surface area contributed by atoms with Crippen molar-refractivity contribution < 1.29 is 23.2 Å². The van der Waals surface area contributed by atoms with Gasteiger partial charge in [0, 0.05) is 44.1 Å². The lowest BCUT2D eigenvalue weighted by Gasteiger charge is -2.27. The number of hydrogen-bond acceptors (Lipinski definition) is 7. The molecule has 4 rings (SSSR count).